The second kappa shape index (κ2) is 6.58. The quantitative estimate of drug-likeness (QED) is 0.817. The molecule has 6 heteroatoms. The van der Waals surface area contributed by atoms with Crippen LogP contribution < -0.4 is 0 Å². The predicted molar refractivity (Wildman–Crippen MR) is 94.4 cm³/mol. The lowest BCUT2D eigenvalue weighted by Crippen LogP contribution is -2.36. The van der Waals surface area contributed by atoms with Crippen molar-refractivity contribution in [2.24, 2.45) is 0 Å². The minimum absolute atomic E-state index is 0. The summed E-state index contributed by atoms with van der Waals surface area (Å²) in [6.07, 6.45) is 9.58. The molecule has 0 spiro atoms. The van der Waals surface area contributed by atoms with Gasteiger partial charge in [0.15, 0.2) is 5.82 Å². The number of nitrogens with one attached hydrogen (secondary N) is 1. The fourth-order valence-electron chi connectivity index (χ4n) is 3.63. The van der Waals surface area contributed by atoms with E-state index in [4.69, 9.17) is 0 Å². The maximum Gasteiger partial charge on any atom is 0.155 e. The van der Waals surface area contributed by atoms with E-state index in [-0.39, 0.29) is 34.0 Å². The van der Waals surface area contributed by atoms with Gasteiger partial charge < -0.3 is 9.88 Å². The molecule has 0 saturated carbocycles. The Bertz CT molecular complexity index is 566. The van der Waals surface area contributed by atoms with Crippen LogP contribution in [-0.4, -0.2) is 39.5 Å². The van der Waals surface area contributed by atoms with E-state index in [0.29, 0.717) is 5.41 Å². The van der Waals surface area contributed by atoms with Gasteiger partial charge in [-0.05, 0) is 44.0 Å². The highest BCUT2D eigenvalue weighted by atomic mass is 79.9. The zero-order chi connectivity index (χ0) is 12.7. The number of nitrogens with zero attached hydrogens (tertiary/aromatic N) is 3. The third kappa shape index (κ3) is 2.94. The molecule has 1 N–H and O–H groups in total. The molecule has 2 aliphatic rings. The van der Waals surface area contributed by atoms with Crippen molar-refractivity contribution in [3.05, 3.63) is 36.3 Å². The zero-order valence-electron chi connectivity index (χ0n) is 11.8. The number of rotatable bonds is 2. The monoisotopic (exact) mass is 414 g/mol. The van der Waals surface area contributed by atoms with Crippen LogP contribution in [-0.2, 0) is 5.41 Å². The first-order valence-electron chi connectivity index (χ1n) is 7.04. The Morgan fingerprint density at radius 3 is 2.71 bits per heavy atom. The van der Waals surface area contributed by atoms with Crippen LogP contribution in [0.2, 0.25) is 0 Å². The van der Waals surface area contributed by atoms with Crippen molar-refractivity contribution >= 4 is 34.0 Å². The summed E-state index contributed by atoms with van der Waals surface area (Å²) in [7, 11) is 0. The second-order valence-corrected chi connectivity index (χ2v) is 5.78. The first-order valence-corrected chi connectivity index (χ1v) is 7.04. The first-order chi connectivity index (χ1) is 9.36. The van der Waals surface area contributed by atoms with Crippen LogP contribution in [0.15, 0.2) is 30.7 Å². The molecule has 2 aromatic rings. The molecule has 0 aromatic carbocycles. The van der Waals surface area contributed by atoms with Crippen molar-refractivity contribution in [2.75, 3.05) is 19.6 Å². The minimum Gasteiger partial charge on any atom is -0.343 e. The molecule has 2 fully saturated rings. The molecular formula is C15H20Br2N4. The van der Waals surface area contributed by atoms with Gasteiger partial charge in [0.1, 0.15) is 5.69 Å². The van der Waals surface area contributed by atoms with E-state index in [0.717, 1.165) is 11.5 Å². The minimum atomic E-state index is 0. The molecule has 2 aliphatic heterocycles. The lowest BCUT2D eigenvalue weighted by atomic mass is 9.75. The summed E-state index contributed by atoms with van der Waals surface area (Å²) in [6.45, 7) is 3.74. The normalized spacial score (nSPS) is 26.8. The Labute approximate surface area is 145 Å². The number of fused-ring (bicyclic) bond motifs is 2. The number of imidazole rings is 1. The smallest absolute Gasteiger partial charge is 0.155 e. The van der Waals surface area contributed by atoms with E-state index in [1.54, 1.807) is 6.20 Å². The molecule has 2 atom stereocenters. The first kappa shape index (κ1) is 16.6. The molecule has 4 nitrogen and oxygen atoms in total. The Morgan fingerprint density at radius 1 is 1.10 bits per heavy atom. The largest absolute Gasteiger partial charge is 0.343 e. The number of hydrogen-bond donors (Lipinski definition) is 1. The number of aromatic amines is 1. The number of pyridine rings is 1. The van der Waals surface area contributed by atoms with E-state index in [1.165, 1.54) is 44.5 Å². The van der Waals surface area contributed by atoms with Crippen LogP contribution in [0.5, 0.6) is 0 Å². The predicted octanol–water partition coefficient (Wildman–Crippen LogP) is 3.36. The SMILES string of the molecule is Br.Br.c1c[nH]c(-c2ccc(C34CCCN(CC3)C4)cn2)n1. The maximum absolute atomic E-state index is 4.60. The summed E-state index contributed by atoms with van der Waals surface area (Å²) in [5.41, 5.74) is 2.70. The Kier molecular flexibility index (Phi) is 5.22. The third-order valence-electron chi connectivity index (χ3n) is 4.68. The van der Waals surface area contributed by atoms with E-state index in [1.807, 2.05) is 6.20 Å². The molecule has 21 heavy (non-hydrogen) atoms. The van der Waals surface area contributed by atoms with Gasteiger partial charge in [-0.1, -0.05) is 6.07 Å². The van der Waals surface area contributed by atoms with Crippen molar-refractivity contribution < 1.29 is 0 Å². The molecule has 2 saturated heterocycles. The van der Waals surface area contributed by atoms with E-state index in [2.05, 4.69) is 38.2 Å². The van der Waals surface area contributed by atoms with Crippen LogP contribution >= 0.6 is 34.0 Å². The Morgan fingerprint density at radius 2 is 2.00 bits per heavy atom. The van der Waals surface area contributed by atoms with E-state index in [9.17, 15) is 0 Å². The highest BCUT2D eigenvalue weighted by Crippen LogP contribution is 2.41. The van der Waals surface area contributed by atoms with Gasteiger partial charge in [-0.2, -0.15) is 0 Å². The van der Waals surface area contributed by atoms with Gasteiger partial charge >= 0.3 is 0 Å². The summed E-state index contributed by atoms with van der Waals surface area (Å²) in [6, 6.07) is 4.35. The van der Waals surface area contributed by atoms with Crippen molar-refractivity contribution in [3.63, 3.8) is 0 Å². The van der Waals surface area contributed by atoms with Gasteiger partial charge in [0.2, 0.25) is 0 Å². The molecule has 4 heterocycles. The average molecular weight is 416 g/mol. The molecule has 2 unspecified atom stereocenters. The molecular weight excluding hydrogens is 396 g/mol. The standard InChI is InChI=1S/C15H18N4.2BrH/c1-4-15(5-9-19(8-1)11-15)12-2-3-13(18-10-12)14-16-6-7-17-14;;/h2-3,6-7,10H,1,4-5,8-9,11H2,(H,16,17);2*1H. The van der Waals surface area contributed by atoms with Crippen molar-refractivity contribution in [3.8, 4) is 11.5 Å². The molecule has 0 aliphatic carbocycles. The highest BCUT2D eigenvalue weighted by molar-refractivity contribution is 8.93. The zero-order valence-corrected chi connectivity index (χ0v) is 15.2. The van der Waals surface area contributed by atoms with Gasteiger partial charge in [0.05, 0.1) is 0 Å². The number of aromatic nitrogens is 3. The van der Waals surface area contributed by atoms with E-state index < -0.39 is 0 Å². The lowest BCUT2D eigenvalue weighted by molar-refractivity contribution is 0.243. The van der Waals surface area contributed by atoms with Crippen molar-refractivity contribution in [2.45, 2.75) is 24.7 Å². The fraction of sp³-hybridized carbons (Fsp3) is 0.467. The van der Waals surface area contributed by atoms with Crippen LogP contribution in [0.1, 0.15) is 24.8 Å². The van der Waals surface area contributed by atoms with Gasteiger partial charge in [0, 0.05) is 30.6 Å². The number of halogens is 2. The van der Waals surface area contributed by atoms with Gasteiger partial charge in [-0.3, -0.25) is 4.98 Å². The average Bonchev–Trinajstić information content (AvgIpc) is 3.09. The second-order valence-electron chi connectivity index (χ2n) is 5.78. The summed E-state index contributed by atoms with van der Waals surface area (Å²) in [5.74, 6) is 0.848. The van der Waals surface area contributed by atoms with E-state index >= 15 is 0 Å². The van der Waals surface area contributed by atoms with Crippen molar-refractivity contribution in [1.29, 1.82) is 0 Å². The van der Waals surface area contributed by atoms with Gasteiger partial charge in [0.25, 0.3) is 0 Å². The summed E-state index contributed by atoms with van der Waals surface area (Å²) >= 11 is 0. The number of H-pyrrole nitrogens is 1. The lowest BCUT2D eigenvalue weighted by Gasteiger charge is -2.34. The molecule has 2 bridgehead atoms. The van der Waals surface area contributed by atoms with Crippen LogP contribution in [0.3, 0.4) is 0 Å². The fourth-order valence-corrected chi connectivity index (χ4v) is 3.63. The highest BCUT2D eigenvalue weighted by Gasteiger charge is 2.42. The number of piperidine rings is 1. The topological polar surface area (TPSA) is 44.8 Å². The van der Waals surface area contributed by atoms with Crippen LogP contribution in [0.25, 0.3) is 11.5 Å². The molecule has 0 amide bonds. The molecule has 114 valence electrons. The summed E-state index contributed by atoms with van der Waals surface area (Å²) in [4.78, 5) is 14.5. The summed E-state index contributed by atoms with van der Waals surface area (Å²) < 4.78 is 0. The third-order valence-corrected chi connectivity index (χ3v) is 4.68. The molecule has 4 rings (SSSR count). The number of hydrogen-bond acceptors (Lipinski definition) is 3. The maximum atomic E-state index is 4.60. The van der Waals surface area contributed by atoms with Crippen LogP contribution in [0, 0.1) is 0 Å². The van der Waals surface area contributed by atoms with Gasteiger partial charge in [-0.15, -0.1) is 34.0 Å². The Hall–Kier alpha value is -0.720. The van der Waals surface area contributed by atoms with Gasteiger partial charge in [-0.25, -0.2) is 4.98 Å². The van der Waals surface area contributed by atoms with Crippen LogP contribution in [0.4, 0.5) is 0 Å². The summed E-state index contributed by atoms with van der Waals surface area (Å²) in [5, 5.41) is 0. The Balaban J connectivity index is 0.000000807. The molecule has 0 radical (unpaired) electrons. The van der Waals surface area contributed by atoms with Crippen molar-refractivity contribution in [1.82, 2.24) is 19.9 Å². The molecule has 2 aromatic heterocycles.